The maximum Gasteiger partial charge on any atom is 0.142 e. The molecule has 0 saturated heterocycles. The number of nitrogens with one attached hydrogen (secondary N) is 1. The Balaban J connectivity index is 2.74. The molecule has 3 nitrogen and oxygen atoms in total. The van der Waals surface area contributed by atoms with Crippen molar-refractivity contribution in [2.24, 2.45) is 0 Å². The van der Waals surface area contributed by atoms with Crippen molar-refractivity contribution in [1.82, 2.24) is 9.97 Å². The third kappa shape index (κ3) is 3.30. The highest BCUT2D eigenvalue weighted by atomic mass is 127. The maximum absolute atomic E-state index is 4.38. The third-order valence-electron chi connectivity index (χ3n) is 1.47. The molecule has 72 valence electrons. The van der Waals surface area contributed by atoms with Gasteiger partial charge >= 0.3 is 0 Å². The molecule has 1 N–H and O–H groups in total. The summed E-state index contributed by atoms with van der Waals surface area (Å²) in [6.45, 7) is 2.14. The van der Waals surface area contributed by atoms with Crippen LogP contribution in [0.4, 0.5) is 5.82 Å². The number of rotatable bonds is 4. The molecule has 0 aliphatic carbocycles. The fraction of sp³-hybridized carbons (Fsp3) is 0.500. The van der Waals surface area contributed by atoms with Crippen LogP contribution in [0.25, 0.3) is 0 Å². The third-order valence-corrected chi connectivity index (χ3v) is 3.13. The molecule has 1 aromatic heterocycles. The molecule has 1 heterocycles. The predicted octanol–water partition coefficient (Wildman–Crippen LogP) is 2.38. The molecule has 0 amide bonds. The normalized spacial score (nSPS) is 10.1. The molecule has 0 unspecified atom stereocenters. The van der Waals surface area contributed by atoms with Crippen LogP contribution in [0.3, 0.4) is 0 Å². The molecule has 5 heteroatoms. The first-order valence-corrected chi connectivity index (χ1v) is 6.28. The largest absolute Gasteiger partial charge is 0.372 e. The van der Waals surface area contributed by atoms with Gasteiger partial charge in [0, 0.05) is 13.2 Å². The summed E-state index contributed by atoms with van der Waals surface area (Å²) < 4.78 is 1.06. The van der Waals surface area contributed by atoms with Crippen LogP contribution in [0.5, 0.6) is 0 Å². The minimum atomic E-state index is 0.891. The monoisotopic (exact) mass is 309 g/mol. The van der Waals surface area contributed by atoms with Crippen LogP contribution >= 0.6 is 34.4 Å². The molecule has 0 spiro atoms. The number of halogens is 1. The second-order valence-corrected chi connectivity index (χ2v) is 4.81. The minimum absolute atomic E-state index is 0.891. The van der Waals surface area contributed by atoms with E-state index in [4.69, 9.17) is 0 Å². The van der Waals surface area contributed by atoms with E-state index in [9.17, 15) is 0 Å². The van der Waals surface area contributed by atoms with E-state index in [2.05, 4.69) is 44.8 Å². The molecule has 0 aliphatic heterocycles. The summed E-state index contributed by atoms with van der Waals surface area (Å²) >= 11 is 4.05. The zero-order chi connectivity index (χ0) is 9.68. The van der Waals surface area contributed by atoms with E-state index in [1.807, 2.05) is 25.0 Å². The Morgan fingerprint density at radius 3 is 3.00 bits per heavy atom. The average Bonchev–Trinajstić information content (AvgIpc) is 2.16. The summed E-state index contributed by atoms with van der Waals surface area (Å²) in [4.78, 5) is 8.62. The van der Waals surface area contributed by atoms with E-state index in [0.717, 1.165) is 26.7 Å². The van der Waals surface area contributed by atoms with Crippen LogP contribution in [-0.4, -0.2) is 22.8 Å². The Bertz CT molecular complexity index is 280. The molecule has 13 heavy (non-hydrogen) atoms. The van der Waals surface area contributed by atoms with Gasteiger partial charge in [0.1, 0.15) is 11.6 Å². The zero-order valence-electron chi connectivity index (χ0n) is 7.67. The number of thioether (sulfide) groups is 1. The van der Waals surface area contributed by atoms with Crippen molar-refractivity contribution in [3.05, 3.63) is 15.6 Å². The van der Waals surface area contributed by atoms with Crippen LogP contribution in [0.1, 0.15) is 12.7 Å². The molecular weight excluding hydrogens is 297 g/mol. The second-order valence-electron chi connectivity index (χ2n) is 2.37. The van der Waals surface area contributed by atoms with E-state index in [1.165, 1.54) is 0 Å². The number of nitrogens with zero attached hydrogens (tertiary/aromatic N) is 2. The number of hydrogen-bond donors (Lipinski definition) is 1. The minimum Gasteiger partial charge on any atom is -0.372 e. The van der Waals surface area contributed by atoms with Crippen molar-refractivity contribution >= 4 is 40.2 Å². The lowest BCUT2D eigenvalue weighted by molar-refractivity contribution is 1.02. The van der Waals surface area contributed by atoms with Crippen LogP contribution in [-0.2, 0) is 5.75 Å². The topological polar surface area (TPSA) is 37.8 Å². The van der Waals surface area contributed by atoms with Gasteiger partial charge in [0.15, 0.2) is 0 Å². The zero-order valence-corrected chi connectivity index (χ0v) is 10.6. The lowest BCUT2D eigenvalue weighted by Gasteiger charge is -2.04. The van der Waals surface area contributed by atoms with E-state index in [1.54, 1.807) is 0 Å². The summed E-state index contributed by atoms with van der Waals surface area (Å²) in [6.07, 6.45) is 1.85. The summed E-state index contributed by atoms with van der Waals surface area (Å²) in [5, 5.41) is 3.04. The highest BCUT2D eigenvalue weighted by Gasteiger charge is 2.02. The summed E-state index contributed by atoms with van der Waals surface area (Å²) in [6, 6.07) is 0. The highest BCUT2D eigenvalue weighted by molar-refractivity contribution is 14.1. The molecule has 0 fully saturated rings. The number of hydrogen-bond acceptors (Lipinski definition) is 4. The number of aromatic nitrogens is 2. The lowest BCUT2D eigenvalue weighted by Crippen LogP contribution is -2.01. The van der Waals surface area contributed by atoms with Gasteiger partial charge in [0.05, 0.1) is 9.32 Å². The standard InChI is InChI=1S/C8H12IN3S/c1-3-13-5-7-11-4-6(9)8(10-2)12-7/h4H,3,5H2,1-2H3,(H,10,11,12). The second kappa shape index (κ2) is 5.64. The first kappa shape index (κ1) is 11.0. The van der Waals surface area contributed by atoms with Gasteiger partial charge in [0.25, 0.3) is 0 Å². The van der Waals surface area contributed by atoms with Crippen molar-refractivity contribution in [2.45, 2.75) is 12.7 Å². The first-order valence-electron chi connectivity index (χ1n) is 4.04. The SMILES string of the molecule is CCSCc1ncc(I)c(NC)n1. The molecule has 1 rings (SSSR count). The van der Waals surface area contributed by atoms with Crippen molar-refractivity contribution in [3.63, 3.8) is 0 Å². The Morgan fingerprint density at radius 2 is 2.38 bits per heavy atom. The first-order chi connectivity index (χ1) is 6.27. The van der Waals surface area contributed by atoms with Crippen molar-refractivity contribution in [1.29, 1.82) is 0 Å². The molecule has 0 radical (unpaired) electrons. The summed E-state index contributed by atoms with van der Waals surface area (Å²) in [5.74, 6) is 3.81. The van der Waals surface area contributed by atoms with Gasteiger partial charge < -0.3 is 5.32 Å². The van der Waals surface area contributed by atoms with E-state index in [0.29, 0.717) is 0 Å². The van der Waals surface area contributed by atoms with Gasteiger partial charge in [-0.25, -0.2) is 9.97 Å². The Kier molecular flexibility index (Phi) is 4.79. The molecule has 0 saturated carbocycles. The smallest absolute Gasteiger partial charge is 0.142 e. The molecule has 0 aromatic carbocycles. The van der Waals surface area contributed by atoms with Gasteiger partial charge in [0.2, 0.25) is 0 Å². The molecule has 0 bridgehead atoms. The Hall–Kier alpha value is -0.0400. The summed E-state index contributed by atoms with van der Waals surface area (Å²) in [7, 11) is 1.88. The molecule has 0 atom stereocenters. The van der Waals surface area contributed by atoms with Crippen molar-refractivity contribution in [3.8, 4) is 0 Å². The maximum atomic E-state index is 4.38. The quantitative estimate of drug-likeness (QED) is 0.867. The predicted molar refractivity (Wildman–Crippen MR) is 66.1 cm³/mol. The Labute approximate surface area is 96.3 Å². The van der Waals surface area contributed by atoms with Crippen LogP contribution in [0.2, 0.25) is 0 Å². The number of anilines is 1. The van der Waals surface area contributed by atoms with E-state index >= 15 is 0 Å². The lowest BCUT2D eigenvalue weighted by atomic mass is 10.5. The fourth-order valence-electron chi connectivity index (χ4n) is 0.842. The molecule has 0 aliphatic rings. The van der Waals surface area contributed by atoms with Crippen LogP contribution in [0.15, 0.2) is 6.20 Å². The van der Waals surface area contributed by atoms with Gasteiger partial charge in [-0.2, -0.15) is 11.8 Å². The van der Waals surface area contributed by atoms with Gasteiger partial charge in [-0.05, 0) is 28.3 Å². The molecule has 1 aromatic rings. The molecular formula is C8H12IN3S. The summed E-state index contributed by atoms with van der Waals surface area (Å²) in [5.41, 5.74) is 0. The van der Waals surface area contributed by atoms with Gasteiger partial charge in [-0.1, -0.05) is 6.92 Å². The van der Waals surface area contributed by atoms with E-state index in [-0.39, 0.29) is 0 Å². The highest BCUT2D eigenvalue weighted by Crippen LogP contribution is 2.15. The van der Waals surface area contributed by atoms with Gasteiger partial charge in [-0.3, -0.25) is 0 Å². The van der Waals surface area contributed by atoms with Crippen LogP contribution < -0.4 is 5.32 Å². The Morgan fingerprint density at radius 1 is 1.62 bits per heavy atom. The van der Waals surface area contributed by atoms with Crippen molar-refractivity contribution < 1.29 is 0 Å². The van der Waals surface area contributed by atoms with E-state index < -0.39 is 0 Å². The average molecular weight is 309 g/mol. The van der Waals surface area contributed by atoms with Crippen molar-refractivity contribution in [2.75, 3.05) is 18.1 Å². The van der Waals surface area contributed by atoms with Gasteiger partial charge in [-0.15, -0.1) is 0 Å². The van der Waals surface area contributed by atoms with Crippen LogP contribution in [0, 0.1) is 3.57 Å². The fourth-order valence-corrected chi connectivity index (χ4v) is 1.90.